The maximum absolute atomic E-state index is 12.2. The first-order valence-electron chi connectivity index (χ1n) is 8.16. The molecule has 1 heterocycles. The highest BCUT2D eigenvalue weighted by Gasteiger charge is 2.27. The first kappa shape index (κ1) is 16.7. The quantitative estimate of drug-likeness (QED) is 0.767. The fourth-order valence-electron chi connectivity index (χ4n) is 3.38. The van der Waals surface area contributed by atoms with Crippen LogP contribution in [-0.4, -0.2) is 54.2 Å². The van der Waals surface area contributed by atoms with Crippen molar-refractivity contribution in [2.45, 2.75) is 55.9 Å². The summed E-state index contributed by atoms with van der Waals surface area (Å²) < 4.78 is 0. The van der Waals surface area contributed by atoms with Crippen molar-refractivity contribution in [3.05, 3.63) is 12.7 Å². The van der Waals surface area contributed by atoms with E-state index in [0.717, 1.165) is 38.9 Å². The zero-order valence-electron chi connectivity index (χ0n) is 13.1. The van der Waals surface area contributed by atoms with Crippen LogP contribution in [0.5, 0.6) is 0 Å². The Morgan fingerprint density at radius 3 is 2.62 bits per heavy atom. The number of amides is 2. The van der Waals surface area contributed by atoms with Gasteiger partial charge in [0.05, 0.1) is 0 Å². The minimum absolute atomic E-state index is 0.0307. The monoisotopic (exact) mass is 311 g/mol. The number of hydrogen-bond donors (Lipinski definition) is 2. The van der Waals surface area contributed by atoms with E-state index in [1.54, 1.807) is 0 Å². The zero-order valence-corrected chi connectivity index (χ0v) is 14.0. The maximum atomic E-state index is 12.2. The fraction of sp³-hybridized carbons (Fsp3) is 0.812. The van der Waals surface area contributed by atoms with E-state index in [9.17, 15) is 4.79 Å². The van der Waals surface area contributed by atoms with Crippen molar-refractivity contribution < 1.29 is 4.79 Å². The molecule has 0 bridgehead atoms. The molecule has 1 saturated heterocycles. The van der Waals surface area contributed by atoms with Crippen LogP contribution in [0.15, 0.2) is 12.7 Å². The van der Waals surface area contributed by atoms with Gasteiger partial charge in [0.2, 0.25) is 0 Å². The molecule has 2 rings (SSSR count). The van der Waals surface area contributed by atoms with Gasteiger partial charge in [0.15, 0.2) is 0 Å². The number of hydrogen-bond acceptors (Lipinski definition) is 3. The largest absolute Gasteiger partial charge is 0.335 e. The summed E-state index contributed by atoms with van der Waals surface area (Å²) in [6.07, 6.45) is 11.1. The van der Waals surface area contributed by atoms with Gasteiger partial charge in [0.25, 0.3) is 0 Å². The van der Waals surface area contributed by atoms with Crippen molar-refractivity contribution in [3.63, 3.8) is 0 Å². The molecule has 5 heteroatoms. The summed E-state index contributed by atoms with van der Waals surface area (Å²) >= 11 is 1.89. The van der Waals surface area contributed by atoms with Crippen LogP contribution in [0.25, 0.3) is 0 Å². The van der Waals surface area contributed by atoms with Crippen molar-refractivity contribution >= 4 is 17.8 Å². The van der Waals surface area contributed by atoms with E-state index in [-0.39, 0.29) is 6.03 Å². The summed E-state index contributed by atoms with van der Waals surface area (Å²) in [5.74, 6) is 0. The number of nitrogens with one attached hydrogen (secondary N) is 2. The Balaban J connectivity index is 1.71. The Hall–Kier alpha value is -0.680. The first-order chi connectivity index (χ1) is 10.2. The molecular formula is C16H29N3OS. The lowest BCUT2D eigenvalue weighted by Crippen LogP contribution is -2.52. The van der Waals surface area contributed by atoms with E-state index < -0.39 is 0 Å². The van der Waals surface area contributed by atoms with Crippen molar-refractivity contribution in [1.82, 2.24) is 15.5 Å². The number of likely N-dealkylation sites (tertiary alicyclic amines) is 1. The second kappa shape index (κ2) is 8.69. The van der Waals surface area contributed by atoms with Gasteiger partial charge in [-0.1, -0.05) is 18.9 Å². The Morgan fingerprint density at radius 2 is 1.95 bits per heavy atom. The van der Waals surface area contributed by atoms with Gasteiger partial charge in [-0.15, -0.1) is 6.58 Å². The summed E-state index contributed by atoms with van der Waals surface area (Å²) in [7, 11) is 0. The molecule has 1 aliphatic heterocycles. The molecule has 2 aliphatic rings. The minimum atomic E-state index is 0.0307. The van der Waals surface area contributed by atoms with Crippen LogP contribution >= 0.6 is 11.8 Å². The molecule has 0 radical (unpaired) electrons. The van der Waals surface area contributed by atoms with Gasteiger partial charge in [-0.25, -0.2) is 4.79 Å². The highest BCUT2D eigenvalue weighted by Crippen LogP contribution is 2.27. The number of rotatable bonds is 5. The SMILES string of the molecule is C=CCN1CCC(NC(=O)N[C@@H]2CCCC[C@@H]2SC)CC1. The number of thioether (sulfide) groups is 1. The molecule has 1 aliphatic carbocycles. The van der Waals surface area contributed by atoms with Gasteiger partial charge in [-0.2, -0.15) is 11.8 Å². The highest BCUT2D eigenvalue weighted by molar-refractivity contribution is 7.99. The lowest BCUT2D eigenvalue weighted by atomic mass is 9.95. The van der Waals surface area contributed by atoms with E-state index in [2.05, 4.69) is 28.4 Å². The first-order valence-corrected chi connectivity index (χ1v) is 9.44. The third kappa shape index (κ3) is 5.22. The zero-order chi connectivity index (χ0) is 15.1. The summed E-state index contributed by atoms with van der Waals surface area (Å²) in [5, 5.41) is 6.95. The Labute approximate surface area is 133 Å². The molecule has 2 N–H and O–H groups in total. The highest BCUT2D eigenvalue weighted by atomic mass is 32.2. The molecule has 0 aromatic carbocycles. The van der Waals surface area contributed by atoms with Crippen LogP contribution in [0.4, 0.5) is 4.79 Å². The van der Waals surface area contributed by atoms with Crippen LogP contribution < -0.4 is 10.6 Å². The standard InChI is InChI=1S/C16H29N3OS/c1-3-10-19-11-8-13(9-12-19)17-16(20)18-14-6-4-5-7-15(14)21-2/h3,13-15H,1,4-12H2,2H3,(H2,17,18,20)/t14-,15+/m1/s1. The average molecular weight is 311 g/mol. The van der Waals surface area contributed by atoms with Crippen LogP contribution in [0.2, 0.25) is 0 Å². The molecule has 2 amide bonds. The third-order valence-electron chi connectivity index (χ3n) is 4.63. The molecule has 120 valence electrons. The van der Waals surface area contributed by atoms with Gasteiger partial charge >= 0.3 is 6.03 Å². The lowest BCUT2D eigenvalue weighted by Gasteiger charge is -2.34. The Bertz CT molecular complexity index is 342. The van der Waals surface area contributed by atoms with Crippen molar-refractivity contribution in [2.75, 3.05) is 25.9 Å². The molecule has 21 heavy (non-hydrogen) atoms. The molecule has 1 saturated carbocycles. The van der Waals surface area contributed by atoms with Crippen LogP contribution in [0, 0.1) is 0 Å². The second-order valence-electron chi connectivity index (χ2n) is 6.15. The second-order valence-corrected chi connectivity index (χ2v) is 7.22. The number of nitrogens with zero attached hydrogens (tertiary/aromatic N) is 1. The van der Waals surface area contributed by atoms with Crippen LogP contribution in [-0.2, 0) is 0 Å². The molecule has 2 fully saturated rings. The molecule has 0 spiro atoms. The van der Waals surface area contributed by atoms with Crippen LogP contribution in [0.3, 0.4) is 0 Å². The molecule has 4 nitrogen and oxygen atoms in total. The topological polar surface area (TPSA) is 44.4 Å². The molecule has 0 aromatic heterocycles. The molecule has 2 atom stereocenters. The van der Waals surface area contributed by atoms with E-state index in [1.807, 2.05) is 17.8 Å². The predicted molar refractivity (Wildman–Crippen MR) is 90.9 cm³/mol. The van der Waals surface area contributed by atoms with Crippen LogP contribution in [0.1, 0.15) is 38.5 Å². The Morgan fingerprint density at radius 1 is 1.24 bits per heavy atom. The van der Waals surface area contributed by atoms with E-state index in [4.69, 9.17) is 0 Å². The maximum Gasteiger partial charge on any atom is 0.315 e. The normalized spacial score (nSPS) is 28.0. The molecule has 0 aromatic rings. The van der Waals surface area contributed by atoms with Gasteiger partial charge in [0.1, 0.15) is 0 Å². The van der Waals surface area contributed by atoms with Crippen molar-refractivity contribution in [1.29, 1.82) is 0 Å². The number of carbonyl (C=O) groups is 1. The van der Waals surface area contributed by atoms with E-state index in [1.165, 1.54) is 19.3 Å². The van der Waals surface area contributed by atoms with Crippen molar-refractivity contribution in [2.24, 2.45) is 0 Å². The Kier molecular flexibility index (Phi) is 6.90. The fourth-order valence-corrected chi connectivity index (χ4v) is 4.32. The third-order valence-corrected chi connectivity index (χ3v) is 5.80. The van der Waals surface area contributed by atoms with Gasteiger partial charge < -0.3 is 10.6 Å². The molecule has 0 unspecified atom stereocenters. The number of carbonyl (C=O) groups excluding carboxylic acids is 1. The summed E-state index contributed by atoms with van der Waals surface area (Å²) in [6, 6.07) is 0.695. The average Bonchev–Trinajstić information content (AvgIpc) is 2.50. The van der Waals surface area contributed by atoms with Gasteiger partial charge in [-0.05, 0) is 31.9 Å². The van der Waals surface area contributed by atoms with E-state index >= 15 is 0 Å². The summed E-state index contributed by atoms with van der Waals surface area (Å²) in [4.78, 5) is 14.6. The summed E-state index contributed by atoms with van der Waals surface area (Å²) in [5.41, 5.74) is 0. The van der Waals surface area contributed by atoms with Gasteiger partial charge in [-0.3, -0.25) is 4.90 Å². The van der Waals surface area contributed by atoms with Gasteiger partial charge in [0, 0.05) is 37.0 Å². The minimum Gasteiger partial charge on any atom is -0.335 e. The smallest absolute Gasteiger partial charge is 0.315 e. The number of piperidine rings is 1. The van der Waals surface area contributed by atoms with Crippen molar-refractivity contribution in [3.8, 4) is 0 Å². The summed E-state index contributed by atoms with van der Waals surface area (Å²) in [6.45, 7) is 6.83. The predicted octanol–water partition coefficient (Wildman–Crippen LogP) is 2.61. The van der Waals surface area contributed by atoms with E-state index in [0.29, 0.717) is 17.3 Å². The molecular weight excluding hydrogens is 282 g/mol. The number of urea groups is 1. The lowest BCUT2D eigenvalue weighted by molar-refractivity contribution is 0.200.